The van der Waals surface area contributed by atoms with Gasteiger partial charge in [-0.1, -0.05) is 23.7 Å². The third-order valence-corrected chi connectivity index (χ3v) is 2.46. The first kappa shape index (κ1) is 9.75. The first-order chi connectivity index (χ1) is 7.26. The van der Waals surface area contributed by atoms with E-state index in [9.17, 15) is 0 Å². The number of halogens is 1. The van der Waals surface area contributed by atoms with Gasteiger partial charge in [0, 0.05) is 12.4 Å². The molecular weight excluding hydrogens is 210 g/mol. The summed E-state index contributed by atoms with van der Waals surface area (Å²) in [6.45, 7) is 0. The maximum atomic E-state index is 8.92. The van der Waals surface area contributed by atoms with E-state index in [-0.39, 0.29) is 0 Å². The number of hydrogen-bond donors (Lipinski definition) is 1. The third kappa shape index (κ3) is 1.60. The van der Waals surface area contributed by atoms with Crippen LogP contribution in [0.1, 0.15) is 5.56 Å². The van der Waals surface area contributed by atoms with Gasteiger partial charge in [-0.05, 0) is 12.1 Å². The van der Waals surface area contributed by atoms with E-state index < -0.39 is 0 Å². The second-order valence-corrected chi connectivity index (χ2v) is 3.47. The second kappa shape index (κ2) is 3.76. The molecule has 0 fully saturated rings. The van der Waals surface area contributed by atoms with Crippen molar-refractivity contribution in [3.63, 3.8) is 0 Å². The second-order valence-electron chi connectivity index (χ2n) is 3.06. The molecular formula is C11H8ClN3. The Morgan fingerprint density at radius 1 is 1.47 bits per heavy atom. The number of pyridine rings is 1. The number of anilines is 1. The highest BCUT2D eigenvalue weighted by molar-refractivity contribution is 6.35. The van der Waals surface area contributed by atoms with Crippen molar-refractivity contribution in [2.45, 2.75) is 0 Å². The summed E-state index contributed by atoms with van der Waals surface area (Å²) in [5, 5.41) is 13.3. The smallest absolute Gasteiger partial charge is 0.144 e. The van der Waals surface area contributed by atoms with Crippen LogP contribution in [0.4, 0.5) is 5.82 Å². The molecule has 1 N–H and O–H groups in total. The summed E-state index contributed by atoms with van der Waals surface area (Å²) in [4.78, 5) is 4.30. The largest absolute Gasteiger partial charge is 0.372 e. The molecule has 15 heavy (non-hydrogen) atoms. The summed E-state index contributed by atoms with van der Waals surface area (Å²) in [7, 11) is 1.73. The van der Waals surface area contributed by atoms with Crippen molar-refractivity contribution >= 4 is 28.3 Å². The molecule has 0 atom stereocenters. The van der Waals surface area contributed by atoms with Crippen LogP contribution in [0.25, 0.3) is 10.9 Å². The van der Waals surface area contributed by atoms with Gasteiger partial charge >= 0.3 is 0 Å². The lowest BCUT2D eigenvalue weighted by Gasteiger charge is -2.05. The number of para-hydroxylation sites is 1. The van der Waals surface area contributed by atoms with E-state index in [2.05, 4.69) is 16.4 Å². The quantitative estimate of drug-likeness (QED) is 0.799. The lowest BCUT2D eigenvalue weighted by molar-refractivity contribution is 1.32. The fourth-order valence-electron chi connectivity index (χ4n) is 1.44. The molecule has 1 aromatic carbocycles. The van der Waals surface area contributed by atoms with Gasteiger partial charge < -0.3 is 5.32 Å². The summed E-state index contributed by atoms with van der Waals surface area (Å²) in [6, 6.07) is 9.37. The van der Waals surface area contributed by atoms with Crippen LogP contribution in [0.3, 0.4) is 0 Å². The minimum Gasteiger partial charge on any atom is -0.372 e. The van der Waals surface area contributed by atoms with E-state index in [1.807, 2.05) is 12.1 Å². The third-order valence-electron chi connectivity index (χ3n) is 2.15. The Labute approximate surface area is 92.3 Å². The molecule has 0 spiro atoms. The van der Waals surface area contributed by atoms with Crippen LogP contribution in [-0.4, -0.2) is 12.0 Å². The molecule has 2 rings (SSSR count). The minimum absolute atomic E-state index is 0.521. The Morgan fingerprint density at radius 3 is 2.93 bits per heavy atom. The molecule has 74 valence electrons. The molecule has 0 aliphatic rings. The fraction of sp³-hybridized carbons (Fsp3) is 0.0909. The molecule has 1 heterocycles. The number of nitrogens with one attached hydrogen (secondary N) is 1. The van der Waals surface area contributed by atoms with Crippen molar-refractivity contribution in [1.29, 1.82) is 5.26 Å². The van der Waals surface area contributed by atoms with E-state index >= 15 is 0 Å². The average molecular weight is 218 g/mol. The molecule has 4 heteroatoms. The molecule has 0 saturated carbocycles. The summed E-state index contributed by atoms with van der Waals surface area (Å²) in [5.74, 6) is 0.554. The Bertz CT molecular complexity index is 557. The predicted octanol–water partition coefficient (Wildman–Crippen LogP) is 2.80. The highest BCUT2D eigenvalue weighted by Gasteiger charge is 2.06. The Hall–Kier alpha value is -1.79. The van der Waals surface area contributed by atoms with Gasteiger partial charge in [-0.15, -0.1) is 0 Å². The van der Waals surface area contributed by atoms with E-state index in [4.69, 9.17) is 16.9 Å². The van der Waals surface area contributed by atoms with Crippen LogP contribution in [0.15, 0.2) is 24.3 Å². The van der Waals surface area contributed by atoms with Gasteiger partial charge in [-0.2, -0.15) is 5.26 Å². The van der Waals surface area contributed by atoms with Crippen molar-refractivity contribution in [3.05, 3.63) is 34.9 Å². The number of nitrogens with zero attached hydrogens (tertiary/aromatic N) is 2. The number of fused-ring (bicyclic) bond motifs is 1. The van der Waals surface area contributed by atoms with Gasteiger partial charge in [0.15, 0.2) is 0 Å². The molecule has 2 aromatic rings. The molecule has 0 saturated heterocycles. The number of hydrogen-bond acceptors (Lipinski definition) is 3. The standard InChI is InChI=1S/C11H8ClN3/c1-14-11-8(6-13)5-7-3-2-4-9(12)10(7)15-11/h2-5H,1H3,(H,14,15). The van der Waals surface area contributed by atoms with Gasteiger partial charge in [0.25, 0.3) is 0 Å². The molecule has 0 bridgehead atoms. The van der Waals surface area contributed by atoms with Crippen LogP contribution in [0.5, 0.6) is 0 Å². The van der Waals surface area contributed by atoms with E-state index in [0.29, 0.717) is 21.9 Å². The molecule has 3 nitrogen and oxygen atoms in total. The zero-order chi connectivity index (χ0) is 10.8. The Kier molecular flexibility index (Phi) is 2.44. The zero-order valence-corrected chi connectivity index (χ0v) is 8.84. The number of benzene rings is 1. The monoisotopic (exact) mass is 217 g/mol. The minimum atomic E-state index is 0.521. The summed E-state index contributed by atoms with van der Waals surface area (Å²) in [6.07, 6.45) is 0. The number of nitriles is 1. The topological polar surface area (TPSA) is 48.7 Å². The van der Waals surface area contributed by atoms with Crippen LogP contribution in [-0.2, 0) is 0 Å². The Balaban J connectivity index is 2.83. The van der Waals surface area contributed by atoms with Crippen molar-refractivity contribution < 1.29 is 0 Å². The van der Waals surface area contributed by atoms with Gasteiger partial charge in [0.2, 0.25) is 0 Å². The SMILES string of the molecule is CNc1nc2c(Cl)cccc2cc1C#N. The van der Waals surface area contributed by atoms with Crippen LogP contribution >= 0.6 is 11.6 Å². The van der Waals surface area contributed by atoms with E-state index in [0.717, 1.165) is 5.39 Å². The highest BCUT2D eigenvalue weighted by Crippen LogP contribution is 2.25. The van der Waals surface area contributed by atoms with Gasteiger partial charge in [-0.25, -0.2) is 4.98 Å². The van der Waals surface area contributed by atoms with Crippen LogP contribution in [0.2, 0.25) is 5.02 Å². The molecule has 0 aliphatic carbocycles. The van der Waals surface area contributed by atoms with Crippen molar-refractivity contribution in [3.8, 4) is 6.07 Å². The number of rotatable bonds is 1. The molecule has 0 amide bonds. The highest BCUT2D eigenvalue weighted by atomic mass is 35.5. The lowest BCUT2D eigenvalue weighted by Crippen LogP contribution is -1.96. The van der Waals surface area contributed by atoms with Crippen molar-refractivity contribution in [1.82, 2.24) is 4.98 Å². The predicted molar refractivity (Wildman–Crippen MR) is 61.0 cm³/mol. The Morgan fingerprint density at radius 2 is 2.27 bits per heavy atom. The molecule has 0 unspecified atom stereocenters. The number of aromatic nitrogens is 1. The molecule has 1 aromatic heterocycles. The van der Waals surface area contributed by atoms with E-state index in [1.165, 1.54) is 0 Å². The average Bonchev–Trinajstić information content (AvgIpc) is 2.28. The summed E-state index contributed by atoms with van der Waals surface area (Å²) in [5.41, 5.74) is 1.23. The van der Waals surface area contributed by atoms with Crippen molar-refractivity contribution in [2.24, 2.45) is 0 Å². The maximum Gasteiger partial charge on any atom is 0.144 e. The van der Waals surface area contributed by atoms with Gasteiger partial charge in [0.1, 0.15) is 11.9 Å². The van der Waals surface area contributed by atoms with Crippen LogP contribution in [0, 0.1) is 11.3 Å². The van der Waals surface area contributed by atoms with Crippen LogP contribution < -0.4 is 5.32 Å². The fourth-order valence-corrected chi connectivity index (χ4v) is 1.66. The maximum absolute atomic E-state index is 8.92. The first-order valence-corrected chi connectivity index (χ1v) is 4.81. The van der Waals surface area contributed by atoms with Gasteiger partial charge in [0.05, 0.1) is 16.1 Å². The molecule has 0 radical (unpaired) electrons. The summed E-state index contributed by atoms with van der Waals surface area (Å²) < 4.78 is 0. The summed E-state index contributed by atoms with van der Waals surface area (Å²) >= 11 is 6.01. The molecule has 0 aliphatic heterocycles. The van der Waals surface area contributed by atoms with Gasteiger partial charge in [-0.3, -0.25) is 0 Å². The lowest BCUT2D eigenvalue weighted by atomic mass is 10.1. The first-order valence-electron chi connectivity index (χ1n) is 4.43. The zero-order valence-electron chi connectivity index (χ0n) is 8.08. The van der Waals surface area contributed by atoms with E-state index in [1.54, 1.807) is 19.2 Å². The van der Waals surface area contributed by atoms with Crippen molar-refractivity contribution in [2.75, 3.05) is 12.4 Å². The normalized spacial score (nSPS) is 9.93.